The Labute approximate surface area is 120 Å². The summed E-state index contributed by atoms with van der Waals surface area (Å²) in [6, 6.07) is 0. The lowest BCUT2D eigenvalue weighted by molar-refractivity contribution is 0.322. The molecule has 0 aliphatic rings. The van der Waals surface area contributed by atoms with Crippen molar-refractivity contribution in [1.82, 2.24) is 0 Å². The van der Waals surface area contributed by atoms with Crippen molar-refractivity contribution in [1.29, 1.82) is 0 Å². The molecule has 18 heavy (non-hydrogen) atoms. The molecule has 0 aliphatic carbocycles. The lowest BCUT2D eigenvalue weighted by Crippen LogP contribution is -2.44. The zero-order valence-corrected chi connectivity index (χ0v) is 19.0. The van der Waals surface area contributed by atoms with E-state index in [9.17, 15) is 0 Å². The van der Waals surface area contributed by atoms with Gasteiger partial charge < -0.3 is 28.1 Å². The molecule has 0 aromatic rings. The average molecular weight is 353 g/mol. The Morgan fingerprint density at radius 2 is 0.778 bits per heavy atom. The average Bonchev–Trinajstić information content (AvgIpc) is 2.00. The highest BCUT2D eigenvalue weighted by molar-refractivity contribution is 6.77. The molecule has 0 unspecified atom stereocenters. The van der Waals surface area contributed by atoms with E-state index in [0.717, 1.165) is 0 Å². The van der Waals surface area contributed by atoms with Gasteiger partial charge in [-0.3, -0.25) is 0 Å². The third-order valence-electron chi connectivity index (χ3n) is 0.500. The van der Waals surface area contributed by atoms with Gasteiger partial charge in [0.2, 0.25) is 0 Å². The maximum Gasteiger partial charge on any atom is 0.320 e. The van der Waals surface area contributed by atoms with E-state index in [1.165, 1.54) is 0 Å². The van der Waals surface area contributed by atoms with Gasteiger partial charge in [0.25, 0.3) is 0 Å². The van der Waals surface area contributed by atoms with Crippen molar-refractivity contribution >= 4 is 46.4 Å². The molecule has 0 spiro atoms. The minimum absolute atomic E-state index is 0.583. The van der Waals surface area contributed by atoms with Crippen LogP contribution in [0.1, 0.15) is 0 Å². The summed E-state index contributed by atoms with van der Waals surface area (Å²) in [5.74, 6) is 0. The predicted octanol–water partition coefficient (Wildman–Crippen LogP) is -2.28. The molecule has 0 aromatic carbocycles. The minimum atomic E-state index is -2.48. The molecular formula is C7H32O6Si5. The molecule has 11 heteroatoms. The Hall–Kier alpha value is 0.844. The monoisotopic (exact) mass is 352 g/mol. The van der Waals surface area contributed by atoms with Crippen LogP contribution in [0.25, 0.3) is 0 Å². The largest absolute Gasteiger partial charge is 0.438 e. The van der Waals surface area contributed by atoms with E-state index in [1.54, 1.807) is 26.2 Å². The normalized spacial score (nSPS) is 12.0. The number of hydrogen-bond donors (Lipinski definition) is 5. The molecule has 0 bridgehead atoms. The molecule has 0 aliphatic heterocycles. The van der Waals surface area contributed by atoms with Crippen LogP contribution in [0.2, 0.25) is 45.8 Å². The summed E-state index contributed by atoms with van der Waals surface area (Å²) in [6.07, 6.45) is 0. The molecule has 0 saturated carbocycles. The summed E-state index contributed by atoms with van der Waals surface area (Å²) in [5, 5.41) is 0. The van der Waals surface area contributed by atoms with E-state index in [2.05, 4.69) is 0 Å². The van der Waals surface area contributed by atoms with Gasteiger partial charge in [-0.1, -0.05) is 19.6 Å². The highest BCUT2D eigenvalue weighted by Gasteiger charge is 2.30. The molecule has 0 radical (unpaired) electrons. The second kappa shape index (κ2) is 17.8. The van der Waals surface area contributed by atoms with Gasteiger partial charge in [-0.2, -0.15) is 0 Å². The van der Waals surface area contributed by atoms with Crippen LogP contribution in [-0.4, -0.2) is 70.4 Å². The minimum Gasteiger partial charge on any atom is -0.438 e. The van der Waals surface area contributed by atoms with Crippen molar-refractivity contribution < 1.29 is 28.1 Å². The van der Waals surface area contributed by atoms with Crippen molar-refractivity contribution in [2.75, 3.05) is 0 Å². The highest BCUT2D eigenvalue weighted by Crippen LogP contribution is 2.07. The fourth-order valence-electron chi connectivity index (χ4n) is 0.611. The Morgan fingerprint density at radius 3 is 0.778 bits per heavy atom. The van der Waals surface area contributed by atoms with Crippen LogP contribution < -0.4 is 0 Å². The molecule has 0 aromatic heterocycles. The number of hydrogen-bond acceptors (Lipinski definition) is 6. The SMILES string of the molecule is C[SiH2]O.C[SiH2]O.C[SiH2]O.C[Si](C)(O)O[Si](C)(C)O. The summed E-state index contributed by atoms with van der Waals surface area (Å²) < 4.78 is 5.01. The summed E-state index contributed by atoms with van der Waals surface area (Å²) in [7, 11) is -6.71. The van der Waals surface area contributed by atoms with Crippen LogP contribution in [0.4, 0.5) is 0 Å². The van der Waals surface area contributed by atoms with E-state index < -0.39 is 46.4 Å². The molecule has 0 heterocycles. The van der Waals surface area contributed by atoms with Gasteiger partial charge in [0.15, 0.2) is 29.3 Å². The van der Waals surface area contributed by atoms with Crippen LogP contribution in [-0.2, 0) is 4.12 Å². The molecule has 0 fully saturated rings. The second-order valence-corrected chi connectivity index (χ2v) is 12.4. The third-order valence-corrected chi connectivity index (χ3v) is 4.50. The molecular weight excluding hydrogens is 321 g/mol. The Balaban J connectivity index is -0.0000000902. The first-order chi connectivity index (χ1) is 7.95. The van der Waals surface area contributed by atoms with E-state index >= 15 is 0 Å². The molecule has 0 saturated heterocycles. The predicted molar refractivity (Wildman–Crippen MR) is 90.4 cm³/mol. The Kier molecular flexibility index (Phi) is 27.0. The van der Waals surface area contributed by atoms with Crippen molar-refractivity contribution in [3.63, 3.8) is 0 Å². The smallest absolute Gasteiger partial charge is 0.320 e. The molecule has 0 atom stereocenters. The molecule has 0 rings (SSSR count). The maximum absolute atomic E-state index is 9.14. The third kappa shape index (κ3) is 90.3. The Morgan fingerprint density at radius 1 is 0.667 bits per heavy atom. The molecule has 6 nitrogen and oxygen atoms in total. The topological polar surface area (TPSA) is 110 Å². The fraction of sp³-hybridized carbons (Fsp3) is 1.00. The van der Waals surface area contributed by atoms with E-state index in [-0.39, 0.29) is 0 Å². The van der Waals surface area contributed by atoms with Gasteiger partial charge in [0, 0.05) is 0 Å². The zero-order valence-electron chi connectivity index (χ0n) is 12.8. The zero-order chi connectivity index (χ0) is 15.8. The maximum atomic E-state index is 9.14. The van der Waals surface area contributed by atoms with Gasteiger partial charge in [-0.25, -0.2) is 0 Å². The van der Waals surface area contributed by atoms with Crippen molar-refractivity contribution in [3.05, 3.63) is 0 Å². The molecule has 116 valence electrons. The first-order valence-corrected chi connectivity index (χ1v) is 17.8. The van der Waals surface area contributed by atoms with Gasteiger partial charge in [-0.15, -0.1) is 0 Å². The van der Waals surface area contributed by atoms with E-state index in [0.29, 0.717) is 0 Å². The summed E-state index contributed by atoms with van der Waals surface area (Å²) in [4.78, 5) is 41.4. The van der Waals surface area contributed by atoms with Gasteiger partial charge >= 0.3 is 17.1 Å². The van der Waals surface area contributed by atoms with Crippen LogP contribution in [0.3, 0.4) is 0 Å². The van der Waals surface area contributed by atoms with Crippen molar-refractivity contribution in [2.24, 2.45) is 0 Å². The van der Waals surface area contributed by atoms with Crippen LogP contribution in [0, 0.1) is 0 Å². The first kappa shape index (κ1) is 27.2. The van der Waals surface area contributed by atoms with E-state index in [4.69, 9.17) is 28.1 Å². The van der Waals surface area contributed by atoms with Gasteiger partial charge in [0.1, 0.15) is 0 Å². The van der Waals surface area contributed by atoms with Crippen LogP contribution in [0.15, 0.2) is 0 Å². The first-order valence-electron chi connectivity index (χ1n) is 5.93. The lowest BCUT2D eigenvalue weighted by atomic mass is 11.9. The number of rotatable bonds is 2. The van der Waals surface area contributed by atoms with E-state index in [1.807, 2.05) is 19.6 Å². The Bertz CT molecular complexity index is 121. The molecule has 5 N–H and O–H groups in total. The van der Waals surface area contributed by atoms with Crippen molar-refractivity contribution in [3.8, 4) is 0 Å². The highest BCUT2D eigenvalue weighted by atomic mass is 28.5. The quantitative estimate of drug-likeness (QED) is 0.358. The summed E-state index contributed by atoms with van der Waals surface area (Å²) in [6.45, 7) is 12.0. The lowest BCUT2D eigenvalue weighted by Gasteiger charge is -2.23. The summed E-state index contributed by atoms with van der Waals surface area (Å²) >= 11 is 0. The molecule has 0 amide bonds. The summed E-state index contributed by atoms with van der Waals surface area (Å²) in [5.41, 5.74) is 0. The standard InChI is InChI=1S/C4H14O3Si2.3CH6OSi/c1-8(2,5)7-9(3,4)6;3*1-3-2/h5-6H,1-4H3;3*2H,3H2,1H3. The van der Waals surface area contributed by atoms with Crippen LogP contribution in [0.5, 0.6) is 0 Å². The van der Waals surface area contributed by atoms with Gasteiger partial charge in [-0.05, 0) is 26.2 Å². The van der Waals surface area contributed by atoms with Gasteiger partial charge in [0.05, 0.1) is 0 Å². The van der Waals surface area contributed by atoms with Crippen LogP contribution >= 0.6 is 0 Å². The second-order valence-electron chi connectivity index (χ2n) is 3.94. The fourth-order valence-corrected chi connectivity index (χ4v) is 5.50. The van der Waals surface area contributed by atoms with Crippen molar-refractivity contribution in [2.45, 2.75) is 45.8 Å².